The molecule has 0 aliphatic carbocycles. The van der Waals surface area contributed by atoms with Gasteiger partial charge in [-0.05, 0) is 0 Å². The molecular weight excluding hydrogens is 484 g/mol. The first kappa shape index (κ1) is 28.9. The third kappa shape index (κ3) is 5.93. The summed E-state index contributed by atoms with van der Waals surface area (Å²) in [5, 5.41) is 100. The van der Waals surface area contributed by atoms with E-state index in [1.54, 1.807) is 0 Å². The van der Waals surface area contributed by atoms with Crippen LogP contribution >= 0.6 is 0 Å². The molecule has 3 aliphatic heterocycles. The second-order valence-corrected chi connectivity index (χ2v) is 8.58. The van der Waals surface area contributed by atoms with Crippen LogP contribution in [-0.2, 0) is 28.4 Å². The predicted octanol–water partition coefficient (Wildman–Crippen LogP) is -6.92. The minimum absolute atomic E-state index is 0.565. The van der Waals surface area contributed by atoms with Crippen molar-refractivity contribution in [1.29, 1.82) is 0 Å². The van der Waals surface area contributed by atoms with Gasteiger partial charge in [-0.15, -0.1) is 0 Å². The van der Waals surface area contributed by atoms with Gasteiger partial charge in [0, 0.05) is 7.11 Å². The number of rotatable bonds is 8. The SMILES string of the molecule is CO[C@H]1[C@H](O)[C@H](O)[C@@H](OC[C@H]2OC(O)[C@@H](O)[C@@H](O[C@H]3O[C@H](CO)[C@@H](O)[C@H](O)[C@@H]3O)[C@@H]2O)O[C@@H]1CO. The van der Waals surface area contributed by atoms with Gasteiger partial charge in [-0.1, -0.05) is 0 Å². The first-order valence-electron chi connectivity index (χ1n) is 11.0. The van der Waals surface area contributed by atoms with E-state index in [0.717, 1.165) is 0 Å². The molecule has 3 saturated heterocycles. The Morgan fingerprint density at radius 3 is 1.77 bits per heavy atom. The molecular formula is C19H34O16. The summed E-state index contributed by atoms with van der Waals surface area (Å²) in [5.41, 5.74) is 0. The summed E-state index contributed by atoms with van der Waals surface area (Å²) in [5.74, 6) is 0. The van der Waals surface area contributed by atoms with E-state index in [1.807, 2.05) is 0 Å². The van der Waals surface area contributed by atoms with Crippen LogP contribution < -0.4 is 0 Å². The highest BCUT2D eigenvalue weighted by atomic mass is 16.7. The highest BCUT2D eigenvalue weighted by Crippen LogP contribution is 2.30. The lowest BCUT2D eigenvalue weighted by Gasteiger charge is -2.46. The van der Waals surface area contributed by atoms with Gasteiger partial charge in [0.2, 0.25) is 0 Å². The highest BCUT2D eigenvalue weighted by Gasteiger charge is 2.51. The molecule has 0 aromatic rings. The lowest BCUT2D eigenvalue weighted by molar-refractivity contribution is -0.362. The summed E-state index contributed by atoms with van der Waals surface area (Å²) in [6, 6.07) is 0. The van der Waals surface area contributed by atoms with Gasteiger partial charge in [0.25, 0.3) is 0 Å². The quantitative estimate of drug-likeness (QED) is 0.143. The van der Waals surface area contributed by atoms with E-state index in [-0.39, 0.29) is 0 Å². The maximum Gasteiger partial charge on any atom is 0.187 e. The number of aliphatic hydroxyl groups is 10. The van der Waals surface area contributed by atoms with Gasteiger partial charge >= 0.3 is 0 Å². The molecule has 15 atom stereocenters. The lowest BCUT2D eigenvalue weighted by atomic mass is 9.97. The topological polar surface area (TPSA) is 258 Å². The molecule has 3 heterocycles. The Balaban J connectivity index is 1.66. The van der Waals surface area contributed by atoms with Gasteiger partial charge < -0.3 is 79.5 Å². The van der Waals surface area contributed by atoms with Crippen LogP contribution in [0.2, 0.25) is 0 Å². The van der Waals surface area contributed by atoms with Crippen molar-refractivity contribution in [2.24, 2.45) is 0 Å². The predicted molar refractivity (Wildman–Crippen MR) is 106 cm³/mol. The largest absolute Gasteiger partial charge is 0.394 e. The Bertz CT molecular complexity index is 652. The molecule has 16 heteroatoms. The molecule has 0 radical (unpaired) electrons. The summed E-state index contributed by atoms with van der Waals surface area (Å²) in [7, 11) is 1.25. The Kier molecular flexibility index (Phi) is 10.1. The van der Waals surface area contributed by atoms with Crippen LogP contribution in [-0.4, -0.2) is 170 Å². The summed E-state index contributed by atoms with van der Waals surface area (Å²) in [6.45, 7) is -1.87. The van der Waals surface area contributed by atoms with Gasteiger partial charge in [0.05, 0.1) is 19.8 Å². The molecule has 16 nitrogen and oxygen atoms in total. The minimum Gasteiger partial charge on any atom is -0.394 e. The van der Waals surface area contributed by atoms with Crippen molar-refractivity contribution in [3.05, 3.63) is 0 Å². The zero-order valence-corrected chi connectivity index (χ0v) is 18.7. The van der Waals surface area contributed by atoms with Crippen LogP contribution in [0.25, 0.3) is 0 Å². The van der Waals surface area contributed by atoms with Gasteiger partial charge in [0.1, 0.15) is 73.2 Å². The number of methoxy groups -OCH3 is 1. The van der Waals surface area contributed by atoms with Gasteiger partial charge in [0.15, 0.2) is 18.9 Å². The molecule has 0 bridgehead atoms. The Labute approximate surface area is 199 Å². The zero-order chi connectivity index (χ0) is 26.0. The molecule has 0 saturated carbocycles. The van der Waals surface area contributed by atoms with E-state index < -0.39 is 112 Å². The van der Waals surface area contributed by atoms with E-state index in [1.165, 1.54) is 7.11 Å². The van der Waals surface area contributed by atoms with E-state index >= 15 is 0 Å². The fourth-order valence-corrected chi connectivity index (χ4v) is 4.22. The normalized spacial score (nSPS) is 51.3. The fraction of sp³-hybridized carbons (Fsp3) is 1.00. The Morgan fingerprint density at radius 1 is 0.571 bits per heavy atom. The van der Waals surface area contributed by atoms with Gasteiger partial charge in [-0.2, -0.15) is 0 Å². The van der Waals surface area contributed by atoms with Crippen LogP contribution in [0.3, 0.4) is 0 Å². The molecule has 0 spiro atoms. The van der Waals surface area contributed by atoms with Crippen molar-refractivity contribution in [2.45, 2.75) is 92.1 Å². The number of ether oxygens (including phenoxy) is 6. The molecule has 0 aromatic carbocycles. The van der Waals surface area contributed by atoms with Crippen molar-refractivity contribution in [2.75, 3.05) is 26.9 Å². The first-order valence-corrected chi connectivity index (χ1v) is 11.0. The number of hydrogen-bond acceptors (Lipinski definition) is 16. The molecule has 1 unspecified atom stereocenters. The second-order valence-electron chi connectivity index (χ2n) is 8.58. The Morgan fingerprint density at radius 2 is 1.17 bits per heavy atom. The molecule has 35 heavy (non-hydrogen) atoms. The maximum atomic E-state index is 10.7. The average molecular weight is 518 g/mol. The molecule has 3 aliphatic rings. The third-order valence-corrected chi connectivity index (χ3v) is 6.32. The minimum atomic E-state index is -1.91. The van der Waals surface area contributed by atoms with Crippen LogP contribution in [0.1, 0.15) is 0 Å². The van der Waals surface area contributed by atoms with Crippen molar-refractivity contribution in [3.8, 4) is 0 Å². The van der Waals surface area contributed by atoms with E-state index in [9.17, 15) is 51.1 Å². The maximum absolute atomic E-state index is 10.7. The highest BCUT2D eigenvalue weighted by molar-refractivity contribution is 4.95. The molecule has 0 aromatic heterocycles. The third-order valence-electron chi connectivity index (χ3n) is 6.32. The van der Waals surface area contributed by atoms with E-state index in [4.69, 9.17) is 28.4 Å². The van der Waals surface area contributed by atoms with Crippen LogP contribution in [0.5, 0.6) is 0 Å². The smallest absolute Gasteiger partial charge is 0.187 e. The van der Waals surface area contributed by atoms with Crippen LogP contribution in [0.15, 0.2) is 0 Å². The summed E-state index contributed by atoms with van der Waals surface area (Å²) >= 11 is 0. The van der Waals surface area contributed by atoms with Crippen molar-refractivity contribution >= 4 is 0 Å². The molecule has 3 fully saturated rings. The van der Waals surface area contributed by atoms with Gasteiger partial charge in [-0.3, -0.25) is 0 Å². The van der Waals surface area contributed by atoms with E-state index in [0.29, 0.717) is 0 Å². The molecule has 10 N–H and O–H groups in total. The van der Waals surface area contributed by atoms with Crippen molar-refractivity contribution < 1.29 is 79.5 Å². The van der Waals surface area contributed by atoms with Crippen LogP contribution in [0, 0.1) is 0 Å². The lowest BCUT2D eigenvalue weighted by Crippen LogP contribution is -2.65. The second kappa shape index (κ2) is 12.3. The van der Waals surface area contributed by atoms with Gasteiger partial charge in [-0.25, -0.2) is 0 Å². The average Bonchev–Trinajstić information content (AvgIpc) is 2.85. The number of hydrogen-bond donors (Lipinski definition) is 10. The molecule has 206 valence electrons. The summed E-state index contributed by atoms with van der Waals surface area (Å²) in [4.78, 5) is 0. The first-order chi connectivity index (χ1) is 16.5. The van der Waals surface area contributed by atoms with Crippen molar-refractivity contribution in [1.82, 2.24) is 0 Å². The molecule has 3 rings (SSSR count). The Hall–Kier alpha value is -0.640. The standard InChI is InChI=1S/C19H34O16/c1-30-15-6(3-21)34-18(13(27)11(15)25)31-4-7-9(23)16(14(28)17(29)32-7)35-19-12(26)10(24)8(22)5(2-20)33-19/h5-29H,2-4H2,1H3/t5-,6-,7-,8-,9-,10+,11-,12+,13+,14+,15-,16+,17?,18+,19-/m1/s1. The van der Waals surface area contributed by atoms with Crippen LogP contribution in [0.4, 0.5) is 0 Å². The summed E-state index contributed by atoms with van der Waals surface area (Å²) in [6.07, 6.45) is -23.5. The number of aliphatic hydroxyl groups excluding tert-OH is 10. The fourth-order valence-electron chi connectivity index (χ4n) is 4.22. The van der Waals surface area contributed by atoms with Crippen molar-refractivity contribution in [3.63, 3.8) is 0 Å². The zero-order valence-electron chi connectivity index (χ0n) is 18.7. The molecule has 0 amide bonds. The summed E-state index contributed by atoms with van der Waals surface area (Å²) < 4.78 is 31.5. The van der Waals surface area contributed by atoms with E-state index in [2.05, 4.69) is 0 Å². The monoisotopic (exact) mass is 518 g/mol.